The summed E-state index contributed by atoms with van der Waals surface area (Å²) >= 11 is 0. The van der Waals surface area contributed by atoms with Crippen LogP contribution in [0.3, 0.4) is 0 Å². The molecule has 1 fully saturated rings. The first-order valence-electron chi connectivity index (χ1n) is 8.37. The van der Waals surface area contributed by atoms with E-state index in [1.165, 1.54) is 12.1 Å². The Balaban J connectivity index is 2.02. The monoisotopic (exact) mass is 288 g/mol. The number of benzene rings is 1. The maximum Gasteiger partial charge on any atom is 0.0269 e. The van der Waals surface area contributed by atoms with Gasteiger partial charge in [-0.1, -0.05) is 65.0 Å². The van der Waals surface area contributed by atoms with Gasteiger partial charge >= 0.3 is 0 Å². The summed E-state index contributed by atoms with van der Waals surface area (Å²) in [5.41, 5.74) is 1.77. The first kappa shape index (κ1) is 16.5. The first-order valence-corrected chi connectivity index (χ1v) is 8.37. The highest BCUT2D eigenvalue weighted by Gasteiger charge is 2.35. The lowest BCUT2D eigenvalue weighted by molar-refractivity contribution is 0.0466. The molecule has 1 aromatic rings. The van der Waals surface area contributed by atoms with Crippen molar-refractivity contribution in [1.82, 2.24) is 10.2 Å². The number of hydrogen-bond donors (Lipinski definition) is 1. The molecule has 2 unspecified atom stereocenters. The van der Waals surface area contributed by atoms with Crippen molar-refractivity contribution in [3.8, 4) is 0 Å². The molecule has 2 heteroatoms. The Morgan fingerprint density at radius 3 is 2.43 bits per heavy atom. The van der Waals surface area contributed by atoms with Gasteiger partial charge in [-0.05, 0) is 23.3 Å². The lowest BCUT2D eigenvalue weighted by Gasteiger charge is -2.47. The summed E-state index contributed by atoms with van der Waals surface area (Å²) < 4.78 is 0. The van der Waals surface area contributed by atoms with Crippen LogP contribution < -0.4 is 5.32 Å². The number of rotatable bonds is 4. The Labute approximate surface area is 130 Å². The van der Waals surface area contributed by atoms with E-state index >= 15 is 0 Å². The van der Waals surface area contributed by atoms with E-state index in [1.807, 2.05) is 0 Å². The van der Waals surface area contributed by atoms with Crippen LogP contribution >= 0.6 is 0 Å². The van der Waals surface area contributed by atoms with Gasteiger partial charge in [-0.15, -0.1) is 0 Å². The molecular weight excluding hydrogens is 256 g/mol. The third-order valence-corrected chi connectivity index (χ3v) is 4.42. The van der Waals surface area contributed by atoms with Crippen LogP contribution in [0, 0.1) is 11.3 Å². The summed E-state index contributed by atoms with van der Waals surface area (Å²) in [6.07, 6.45) is 1.13. The molecule has 2 rings (SSSR count). The predicted molar refractivity (Wildman–Crippen MR) is 91.6 cm³/mol. The van der Waals surface area contributed by atoms with Crippen molar-refractivity contribution in [3.05, 3.63) is 35.9 Å². The van der Waals surface area contributed by atoms with E-state index in [1.54, 1.807) is 0 Å². The van der Waals surface area contributed by atoms with Gasteiger partial charge in [-0.2, -0.15) is 0 Å². The van der Waals surface area contributed by atoms with Crippen molar-refractivity contribution in [2.75, 3.05) is 19.6 Å². The van der Waals surface area contributed by atoms with Crippen LogP contribution in [0.4, 0.5) is 0 Å². The predicted octanol–water partition coefficient (Wildman–Crippen LogP) is 3.57. The van der Waals surface area contributed by atoms with Gasteiger partial charge in [0.15, 0.2) is 0 Å². The van der Waals surface area contributed by atoms with Crippen LogP contribution in [0.25, 0.3) is 0 Å². The molecule has 0 amide bonds. The fourth-order valence-electron chi connectivity index (χ4n) is 3.44. The van der Waals surface area contributed by atoms with Crippen molar-refractivity contribution in [2.24, 2.45) is 11.3 Å². The molecule has 1 heterocycles. The van der Waals surface area contributed by atoms with E-state index in [9.17, 15) is 0 Å². The maximum atomic E-state index is 3.79. The van der Waals surface area contributed by atoms with Crippen LogP contribution in [0.1, 0.15) is 40.2 Å². The number of nitrogens with zero attached hydrogens (tertiary/aromatic N) is 1. The molecule has 0 aromatic heterocycles. The van der Waals surface area contributed by atoms with Crippen molar-refractivity contribution in [2.45, 2.75) is 53.1 Å². The second kappa shape index (κ2) is 6.93. The third-order valence-electron chi connectivity index (χ3n) is 4.42. The van der Waals surface area contributed by atoms with Gasteiger partial charge in [0, 0.05) is 31.7 Å². The average molecular weight is 288 g/mol. The quantitative estimate of drug-likeness (QED) is 0.911. The molecule has 0 radical (unpaired) electrons. The minimum absolute atomic E-state index is 0.333. The average Bonchev–Trinajstić information content (AvgIpc) is 2.38. The molecular formula is C19H32N2. The standard InChI is InChI=1S/C19H32N2/c1-15(2)13-21-14-17(11-16-9-7-6-8-10-16)20-12-18(21)19(3,4)5/h6-10,15,17-18,20H,11-14H2,1-5H3. The van der Waals surface area contributed by atoms with Gasteiger partial charge < -0.3 is 5.32 Å². The Bertz CT molecular complexity index is 419. The fourth-order valence-corrected chi connectivity index (χ4v) is 3.44. The zero-order valence-electron chi connectivity index (χ0n) is 14.4. The zero-order valence-corrected chi connectivity index (χ0v) is 14.4. The lowest BCUT2D eigenvalue weighted by Crippen LogP contribution is -2.61. The smallest absolute Gasteiger partial charge is 0.0269 e. The summed E-state index contributed by atoms with van der Waals surface area (Å²) in [5, 5.41) is 3.79. The summed E-state index contributed by atoms with van der Waals surface area (Å²) in [6, 6.07) is 12.1. The number of piperazine rings is 1. The minimum atomic E-state index is 0.333. The van der Waals surface area contributed by atoms with Gasteiger partial charge in [-0.25, -0.2) is 0 Å². The second-order valence-corrected chi connectivity index (χ2v) is 8.02. The summed E-state index contributed by atoms with van der Waals surface area (Å²) in [4.78, 5) is 2.72. The molecule has 0 spiro atoms. The Morgan fingerprint density at radius 2 is 1.86 bits per heavy atom. The Kier molecular flexibility index (Phi) is 5.45. The second-order valence-electron chi connectivity index (χ2n) is 8.02. The molecule has 1 aromatic carbocycles. The van der Waals surface area contributed by atoms with Crippen LogP contribution in [0.5, 0.6) is 0 Å². The van der Waals surface area contributed by atoms with E-state index in [0.29, 0.717) is 17.5 Å². The van der Waals surface area contributed by atoms with Crippen LogP contribution in [0.15, 0.2) is 30.3 Å². The van der Waals surface area contributed by atoms with Crippen LogP contribution in [-0.2, 0) is 6.42 Å². The summed E-state index contributed by atoms with van der Waals surface area (Å²) in [7, 11) is 0. The minimum Gasteiger partial charge on any atom is -0.311 e. The number of nitrogens with one attached hydrogen (secondary N) is 1. The summed E-state index contributed by atoms with van der Waals surface area (Å²) in [6.45, 7) is 15.2. The fraction of sp³-hybridized carbons (Fsp3) is 0.684. The molecule has 0 bridgehead atoms. The Hall–Kier alpha value is -0.860. The zero-order chi connectivity index (χ0) is 15.5. The van der Waals surface area contributed by atoms with E-state index in [4.69, 9.17) is 0 Å². The van der Waals surface area contributed by atoms with Gasteiger partial charge in [0.05, 0.1) is 0 Å². The van der Waals surface area contributed by atoms with Gasteiger partial charge in [0.1, 0.15) is 0 Å². The van der Waals surface area contributed by atoms with Crippen molar-refractivity contribution >= 4 is 0 Å². The maximum absolute atomic E-state index is 3.79. The number of hydrogen-bond acceptors (Lipinski definition) is 2. The molecule has 1 saturated heterocycles. The van der Waals surface area contributed by atoms with Gasteiger partial charge in [-0.3, -0.25) is 4.90 Å². The molecule has 0 saturated carbocycles. The molecule has 2 nitrogen and oxygen atoms in total. The van der Waals surface area contributed by atoms with E-state index in [0.717, 1.165) is 25.4 Å². The molecule has 1 aliphatic rings. The Morgan fingerprint density at radius 1 is 1.19 bits per heavy atom. The van der Waals surface area contributed by atoms with Crippen molar-refractivity contribution < 1.29 is 0 Å². The molecule has 118 valence electrons. The SMILES string of the molecule is CC(C)CN1CC(Cc2ccccc2)NCC1C(C)(C)C. The first-order chi connectivity index (χ1) is 9.86. The third kappa shape index (κ3) is 4.82. The summed E-state index contributed by atoms with van der Waals surface area (Å²) in [5.74, 6) is 0.727. The van der Waals surface area contributed by atoms with Gasteiger partial charge in [0.2, 0.25) is 0 Å². The normalized spacial score (nSPS) is 24.5. The molecule has 1 N–H and O–H groups in total. The molecule has 21 heavy (non-hydrogen) atoms. The molecule has 2 atom stereocenters. The highest BCUT2D eigenvalue weighted by Crippen LogP contribution is 2.27. The van der Waals surface area contributed by atoms with Crippen molar-refractivity contribution in [1.29, 1.82) is 0 Å². The van der Waals surface area contributed by atoms with E-state index in [-0.39, 0.29) is 0 Å². The lowest BCUT2D eigenvalue weighted by atomic mass is 9.83. The van der Waals surface area contributed by atoms with E-state index in [2.05, 4.69) is 75.2 Å². The molecule has 1 aliphatic heterocycles. The highest BCUT2D eigenvalue weighted by molar-refractivity contribution is 5.16. The highest BCUT2D eigenvalue weighted by atomic mass is 15.2. The van der Waals surface area contributed by atoms with Crippen molar-refractivity contribution in [3.63, 3.8) is 0 Å². The van der Waals surface area contributed by atoms with E-state index < -0.39 is 0 Å². The topological polar surface area (TPSA) is 15.3 Å². The van der Waals surface area contributed by atoms with Crippen LogP contribution in [0.2, 0.25) is 0 Å². The molecule has 0 aliphatic carbocycles. The largest absolute Gasteiger partial charge is 0.311 e. The van der Waals surface area contributed by atoms with Gasteiger partial charge in [0.25, 0.3) is 0 Å². The van der Waals surface area contributed by atoms with Crippen LogP contribution in [-0.4, -0.2) is 36.6 Å².